The van der Waals surface area contributed by atoms with E-state index in [2.05, 4.69) is 22.8 Å². The second-order valence-electron chi connectivity index (χ2n) is 6.52. The summed E-state index contributed by atoms with van der Waals surface area (Å²) < 4.78 is 0. The molecule has 0 aromatic heterocycles. The summed E-state index contributed by atoms with van der Waals surface area (Å²) in [5.41, 5.74) is 0. The van der Waals surface area contributed by atoms with Gasteiger partial charge in [0, 0.05) is 38.3 Å². The van der Waals surface area contributed by atoms with Crippen LogP contribution in [0.1, 0.15) is 39.0 Å². The van der Waals surface area contributed by atoms with Crippen LogP contribution in [-0.4, -0.2) is 48.1 Å². The van der Waals surface area contributed by atoms with Crippen molar-refractivity contribution in [3.8, 4) is 6.07 Å². The van der Waals surface area contributed by atoms with E-state index in [4.69, 9.17) is 0 Å². The number of nitrogens with zero attached hydrogens (tertiary/aromatic N) is 3. The van der Waals surface area contributed by atoms with Crippen molar-refractivity contribution >= 4 is 0 Å². The highest BCUT2D eigenvalue weighted by Gasteiger charge is 2.37. The summed E-state index contributed by atoms with van der Waals surface area (Å²) in [5.74, 6) is 1.09. The highest BCUT2D eigenvalue weighted by molar-refractivity contribution is 4.98. The molecule has 0 spiro atoms. The lowest BCUT2D eigenvalue weighted by molar-refractivity contribution is 0.0490. The molecule has 2 aliphatic carbocycles. The second-order valence-corrected chi connectivity index (χ2v) is 6.52. The van der Waals surface area contributed by atoms with Gasteiger partial charge in [-0.25, -0.2) is 0 Å². The molecule has 3 heteroatoms. The van der Waals surface area contributed by atoms with E-state index in [1.165, 1.54) is 51.9 Å². The van der Waals surface area contributed by atoms with Gasteiger partial charge in [0.05, 0.1) is 12.0 Å². The molecule has 1 heterocycles. The molecule has 100 valence electrons. The molecule has 3 rings (SSSR count). The maximum absolute atomic E-state index is 9.34. The normalized spacial score (nSPS) is 39.4. The standard InChI is InChI=1S/C15H25N3/c1-12-2-3-13(11-16)15(10-12)18-8-6-17(7-9-18)14-4-5-14/h12-15H,2-10H2,1H3. The molecule has 2 saturated carbocycles. The van der Waals surface area contributed by atoms with Crippen LogP contribution >= 0.6 is 0 Å². The number of hydrogen-bond acceptors (Lipinski definition) is 3. The minimum absolute atomic E-state index is 0.286. The van der Waals surface area contributed by atoms with Crippen LogP contribution in [0.5, 0.6) is 0 Å². The zero-order valence-corrected chi connectivity index (χ0v) is 11.5. The molecular formula is C15H25N3. The first kappa shape index (κ1) is 12.4. The van der Waals surface area contributed by atoms with E-state index < -0.39 is 0 Å². The van der Waals surface area contributed by atoms with Crippen LogP contribution in [0.15, 0.2) is 0 Å². The predicted octanol–water partition coefficient (Wildman–Crippen LogP) is 2.09. The Kier molecular flexibility index (Phi) is 3.59. The third-order valence-corrected chi connectivity index (χ3v) is 5.13. The Morgan fingerprint density at radius 2 is 1.61 bits per heavy atom. The second kappa shape index (κ2) is 5.19. The number of rotatable bonds is 2. The first-order valence-corrected chi connectivity index (χ1v) is 7.65. The van der Waals surface area contributed by atoms with E-state index >= 15 is 0 Å². The van der Waals surface area contributed by atoms with Gasteiger partial charge in [0.2, 0.25) is 0 Å². The molecule has 3 nitrogen and oxygen atoms in total. The zero-order chi connectivity index (χ0) is 12.5. The summed E-state index contributed by atoms with van der Waals surface area (Å²) in [6.45, 7) is 7.18. The van der Waals surface area contributed by atoms with Gasteiger partial charge in [0.1, 0.15) is 0 Å². The Labute approximate surface area is 111 Å². The molecule has 18 heavy (non-hydrogen) atoms. The Hall–Kier alpha value is -0.590. The van der Waals surface area contributed by atoms with Crippen LogP contribution in [0.3, 0.4) is 0 Å². The van der Waals surface area contributed by atoms with Crippen molar-refractivity contribution in [1.29, 1.82) is 5.26 Å². The van der Waals surface area contributed by atoms with Crippen LogP contribution < -0.4 is 0 Å². The molecule has 0 radical (unpaired) electrons. The summed E-state index contributed by atoms with van der Waals surface area (Å²) in [6, 6.07) is 4.01. The maximum atomic E-state index is 9.34. The van der Waals surface area contributed by atoms with Crippen LogP contribution in [0.25, 0.3) is 0 Å². The van der Waals surface area contributed by atoms with Crippen LogP contribution in [0.2, 0.25) is 0 Å². The highest BCUT2D eigenvalue weighted by atomic mass is 15.3. The molecule has 3 atom stereocenters. The van der Waals surface area contributed by atoms with Crippen LogP contribution in [-0.2, 0) is 0 Å². The van der Waals surface area contributed by atoms with Crippen molar-refractivity contribution in [3.63, 3.8) is 0 Å². The Balaban J connectivity index is 1.58. The number of hydrogen-bond donors (Lipinski definition) is 0. The molecule has 0 bridgehead atoms. The predicted molar refractivity (Wildman–Crippen MR) is 72.1 cm³/mol. The van der Waals surface area contributed by atoms with Gasteiger partial charge in [0.15, 0.2) is 0 Å². The van der Waals surface area contributed by atoms with E-state index in [0.717, 1.165) is 18.4 Å². The molecule has 3 unspecified atom stereocenters. The van der Waals surface area contributed by atoms with E-state index in [1.807, 2.05) is 0 Å². The van der Waals surface area contributed by atoms with Crippen molar-refractivity contribution in [2.45, 2.75) is 51.1 Å². The lowest BCUT2D eigenvalue weighted by atomic mass is 9.79. The Bertz CT molecular complexity index is 323. The van der Waals surface area contributed by atoms with Crippen LogP contribution in [0, 0.1) is 23.2 Å². The van der Waals surface area contributed by atoms with Crippen molar-refractivity contribution in [2.24, 2.45) is 11.8 Å². The molecule has 0 N–H and O–H groups in total. The third-order valence-electron chi connectivity index (χ3n) is 5.13. The number of piperazine rings is 1. The maximum Gasteiger partial charge on any atom is 0.0672 e. The highest BCUT2D eigenvalue weighted by Crippen LogP contribution is 2.33. The topological polar surface area (TPSA) is 30.3 Å². The average molecular weight is 247 g/mol. The fraction of sp³-hybridized carbons (Fsp3) is 0.933. The first-order valence-electron chi connectivity index (χ1n) is 7.65. The van der Waals surface area contributed by atoms with Gasteiger partial charge in [-0.2, -0.15) is 5.26 Å². The molecule has 3 fully saturated rings. The summed E-state index contributed by atoms with van der Waals surface area (Å²) in [7, 11) is 0. The minimum atomic E-state index is 0.286. The SMILES string of the molecule is CC1CCC(C#N)C(N2CCN(C3CC3)CC2)C1. The van der Waals surface area contributed by atoms with Gasteiger partial charge < -0.3 is 0 Å². The quantitative estimate of drug-likeness (QED) is 0.748. The lowest BCUT2D eigenvalue weighted by Crippen LogP contribution is -2.53. The van der Waals surface area contributed by atoms with Gasteiger partial charge in [-0.15, -0.1) is 0 Å². The van der Waals surface area contributed by atoms with Gasteiger partial charge >= 0.3 is 0 Å². The minimum Gasteiger partial charge on any atom is -0.298 e. The average Bonchev–Trinajstić information content (AvgIpc) is 3.23. The lowest BCUT2D eigenvalue weighted by Gasteiger charge is -2.44. The zero-order valence-electron chi connectivity index (χ0n) is 11.5. The van der Waals surface area contributed by atoms with Crippen molar-refractivity contribution in [3.05, 3.63) is 0 Å². The largest absolute Gasteiger partial charge is 0.298 e. The smallest absolute Gasteiger partial charge is 0.0672 e. The molecule has 0 aromatic carbocycles. The summed E-state index contributed by atoms with van der Waals surface area (Å²) >= 11 is 0. The van der Waals surface area contributed by atoms with Gasteiger partial charge in [-0.3, -0.25) is 9.80 Å². The Morgan fingerprint density at radius 3 is 2.22 bits per heavy atom. The third kappa shape index (κ3) is 2.55. The van der Waals surface area contributed by atoms with Crippen molar-refractivity contribution in [2.75, 3.05) is 26.2 Å². The van der Waals surface area contributed by atoms with E-state index in [0.29, 0.717) is 6.04 Å². The number of nitriles is 1. The molecule has 0 amide bonds. The first-order chi connectivity index (χ1) is 8.78. The van der Waals surface area contributed by atoms with E-state index in [-0.39, 0.29) is 5.92 Å². The fourth-order valence-corrected chi connectivity index (χ4v) is 3.78. The molecule has 0 aromatic rings. The summed E-state index contributed by atoms with van der Waals surface area (Å²) in [4.78, 5) is 5.27. The van der Waals surface area contributed by atoms with Gasteiger partial charge in [0.25, 0.3) is 0 Å². The summed E-state index contributed by atoms with van der Waals surface area (Å²) in [5, 5.41) is 9.34. The molecule has 3 aliphatic rings. The molecular weight excluding hydrogens is 222 g/mol. The van der Waals surface area contributed by atoms with Crippen LogP contribution in [0.4, 0.5) is 0 Å². The Morgan fingerprint density at radius 1 is 0.944 bits per heavy atom. The molecule has 1 aliphatic heterocycles. The monoisotopic (exact) mass is 247 g/mol. The molecule has 1 saturated heterocycles. The van der Waals surface area contributed by atoms with Gasteiger partial charge in [-0.05, 0) is 38.0 Å². The summed E-state index contributed by atoms with van der Waals surface area (Å²) in [6.07, 6.45) is 6.44. The fourth-order valence-electron chi connectivity index (χ4n) is 3.78. The van der Waals surface area contributed by atoms with E-state index in [1.54, 1.807) is 0 Å². The van der Waals surface area contributed by atoms with Gasteiger partial charge in [-0.1, -0.05) is 6.92 Å². The van der Waals surface area contributed by atoms with E-state index in [9.17, 15) is 5.26 Å². The van der Waals surface area contributed by atoms with Crippen molar-refractivity contribution < 1.29 is 0 Å². The van der Waals surface area contributed by atoms with Crippen molar-refractivity contribution in [1.82, 2.24) is 9.80 Å².